The summed E-state index contributed by atoms with van der Waals surface area (Å²) in [6, 6.07) is 27.9. The second-order valence-corrected chi connectivity index (χ2v) is 9.66. The minimum Gasteiger partial charge on any atom is -0.374 e. The molecule has 4 aromatic rings. The molecular formula is C28H29N3OS. The van der Waals surface area contributed by atoms with Gasteiger partial charge in [0.2, 0.25) is 0 Å². The van der Waals surface area contributed by atoms with Crippen molar-refractivity contribution in [2.45, 2.75) is 29.4 Å². The number of hydrogen-bond acceptors (Lipinski definition) is 4. The molecule has 1 aliphatic rings. The quantitative estimate of drug-likeness (QED) is 0.268. The number of likely N-dealkylation sites (N-methyl/N-ethyl adjacent to an activating group) is 1. The summed E-state index contributed by atoms with van der Waals surface area (Å²) in [7, 11) is 4.15. The van der Waals surface area contributed by atoms with Crippen LogP contribution in [0, 0.1) is 0 Å². The zero-order chi connectivity index (χ0) is 22.6. The van der Waals surface area contributed by atoms with Gasteiger partial charge in [0, 0.05) is 34.0 Å². The molecule has 0 spiro atoms. The molecule has 0 radical (unpaired) electrons. The monoisotopic (exact) mass is 455 g/mol. The van der Waals surface area contributed by atoms with Crippen molar-refractivity contribution in [2.24, 2.45) is 0 Å². The van der Waals surface area contributed by atoms with Gasteiger partial charge in [0.25, 0.3) is 0 Å². The summed E-state index contributed by atoms with van der Waals surface area (Å²) in [4.78, 5) is 4.66. The van der Waals surface area contributed by atoms with Gasteiger partial charge < -0.3 is 9.64 Å². The first-order chi connectivity index (χ1) is 16.2. The third kappa shape index (κ3) is 4.76. The average molecular weight is 456 g/mol. The molecule has 5 heteroatoms. The number of nitrogens with zero attached hydrogens (tertiary/aromatic N) is 3. The lowest BCUT2D eigenvalue weighted by Crippen LogP contribution is -2.18. The van der Waals surface area contributed by atoms with E-state index in [1.165, 1.54) is 32.0 Å². The van der Waals surface area contributed by atoms with E-state index in [1.807, 2.05) is 11.8 Å². The summed E-state index contributed by atoms with van der Waals surface area (Å²) < 4.78 is 8.36. The van der Waals surface area contributed by atoms with Crippen LogP contribution >= 0.6 is 11.8 Å². The molecule has 4 nitrogen and oxygen atoms in total. The number of rotatable bonds is 8. The molecule has 0 amide bonds. The second kappa shape index (κ2) is 9.96. The van der Waals surface area contributed by atoms with Crippen LogP contribution in [-0.2, 0) is 24.3 Å². The lowest BCUT2D eigenvalue weighted by atomic mass is 9.99. The highest BCUT2D eigenvalue weighted by atomic mass is 32.2. The van der Waals surface area contributed by atoms with Crippen LogP contribution in [0.5, 0.6) is 0 Å². The standard InChI is InChI=1S/C28H29N3OS/c1-30(2)18-19-32-20-24-27-22-12-6-8-14-25(22)33-26-15-9-7-13-23(26)28(27)29-31(24)17-16-21-10-4-3-5-11-21/h3-15H,16-20H2,1-2H3. The molecule has 5 rings (SSSR count). The molecule has 0 saturated heterocycles. The van der Waals surface area contributed by atoms with Crippen LogP contribution < -0.4 is 0 Å². The molecule has 3 aromatic carbocycles. The zero-order valence-corrected chi connectivity index (χ0v) is 20.0. The van der Waals surface area contributed by atoms with E-state index in [4.69, 9.17) is 9.84 Å². The maximum Gasteiger partial charge on any atom is 0.102 e. The molecule has 0 saturated carbocycles. The van der Waals surface area contributed by atoms with E-state index < -0.39 is 0 Å². The first-order valence-corrected chi connectivity index (χ1v) is 12.2. The van der Waals surface area contributed by atoms with E-state index in [2.05, 4.69) is 103 Å². The Balaban J connectivity index is 1.59. The fraction of sp³-hybridized carbons (Fsp3) is 0.250. The van der Waals surface area contributed by atoms with E-state index >= 15 is 0 Å². The van der Waals surface area contributed by atoms with Gasteiger partial charge in [-0.25, -0.2) is 0 Å². The summed E-state index contributed by atoms with van der Waals surface area (Å²) in [5, 5.41) is 5.19. The largest absolute Gasteiger partial charge is 0.374 e. The van der Waals surface area contributed by atoms with Crippen LogP contribution in [0.15, 0.2) is 88.7 Å². The SMILES string of the molecule is CN(C)CCOCc1c2c(nn1CCc1ccccc1)-c1ccccc1Sc1ccccc1-2. The van der Waals surface area contributed by atoms with Crippen molar-refractivity contribution >= 4 is 11.8 Å². The summed E-state index contributed by atoms with van der Waals surface area (Å²) in [5.41, 5.74) is 7.18. The summed E-state index contributed by atoms with van der Waals surface area (Å²) in [5.74, 6) is 0. The van der Waals surface area contributed by atoms with Crippen molar-refractivity contribution in [2.75, 3.05) is 27.2 Å². The maximum absolute atomic E-state index is 6.18. The van der Waals surface area contributed by atoms with Gasteiger partial charge in [0.05, 0.1) is 18.9 Å². The van der Waals surface area contributed by atoms with Crippen molar-refractivity contribution in [1.29, 1.82) is 0 Å². The predicted molar refractivity (Wildman–Crippen MR) is 136 cm³/mol. The van der Waals surface area contributed by atoms with Crippen molar-refractivity contribution < 1.29 is 4.74 Å². The second-order valence-electron chi connectivity index (χ2n) is 8.58. The van der Waals surface area contributed by atoms with Gasteiger partial charge in [-0.1, -0.05) is 78.5 Å². The molecule has 2 heterocycles. The van der Waals surface area contributed by atoms with Crippen LogP contribution in [0.25, 0.3) is 22.4 Å². The van der Waals surface area contributed by atoms with Gasteiger partial charge in [0.15, 0.2) is 0 Å². The van der Waals surface area contributed by atoms with E-state index in [-0.39, 0.29) is 0 Å². The molecule has 0 atom stereocenters. The third-order valence-electron chi connectivity index (χ3n) is 5.95. The Kier molecular flexibility index (Phi) is 6.63. The van der Waals surface area contributed by atoms with Crippen molar-refractivity contribution in [1.82, 2.24) is 14.7 Å². The van der Waals surface area contributed by atoms with Crippen molar-refractivity contribution in [3.63, 3.8) is 0 Å². The zero-order valence-electron chi connectivity index (χ0n) is 19.2. The van der Waals surface area contributed by atoms with Crippen LogP contribution in [0.1, 0.15) is 11.3 Å². The highest BCUT2D eigenvalue weighted by molar-refractivity contribution is 7.99. The van der Waals surface area contributed by atoms with Gasteiger partial charge in [0.1, 0.15) is 5.69 Å². The van der Waals surface area contributed by atoms with Crippen LogP contribution in [0.3, 0.4) is 0 Å². The first kappa shape index (κ1) is 22.0. The van der Waals surface area contributed by atoms with Gasteiger partial charge in [-0.05, 0) is 43.8 Å². The molecule has 0 N–H and O–H groups in total. The van der Waals surface area contributed by atoms with Crippen molar-refractivity contribution in [3.8, 4) is 22.4 Å². The number of aryl methyl sites for hydroxylation is 2. The van der Waals surface area contributed by atoms with E-state index in [9.17, 15) is 0 Å². The Labute approximate surface area is 200 Å². The predicted octanol–water partition coefficient (Wildman–Crippen LogP) is 6.00. The Morgan fingerprint density at radius 3 is 2.27 bits per heavy atom. The molecular weight excluding hydrogens is 426 g/mol. The van der Waals surface area contributed by atoms with E-state index in [0.29, 0.717) is 13.2 Å². The Hall–Kier alpha value is -2.86. The summed E-state index contributed by atoms with van der Waals surface area (Å²) in [6.45, 7) is 2.96. The number of aromatic nitrogens is 2. The molecule has 33 heavy (non-hydrogen) atoms. The van der Waals surface area contributed by atoms with Gasteiger partial charge in [-0.3, -0.25) is 4.68 Å². The van der Waals surface area contributed by atoms with E-state index in [0.717, 1.165) is 30.9 Å². The molecule has 0 fully saturated rings. The van der Waals surface area contributed by atoms with Gasteiger partial charge in [-0.15, -0.1) is 0 Å². The molecule has 1 aromatic heterocycles. The number of benzene rings is 3. The van der Waals surface area contributed by atoms with Crippen LogP contribution in [0.2, 0.25) is 0 Å². The van der Waals surface area contributed by atoms with Gasteiger partial charge in [-0.2, -0.15) is 5.10 Å². The Morgan fingerprint density at radius 2 is 1.52 bits per heavy atom. The minimum absolute atomic E-state index is 0.548. The van der Waals surface area contributed by atoms with E-state index in [1.54, 1.807) is 0 Å². The van der Waals surface area contributed by atoms with Gasteiger partial charge >= 0.3 is 0 Å². The van der Waals surface area contributed by atoms with Crippen LogP contribution in [-0.4, -0.2) is 41.9 Å². The molecule has 168 valence electrons. The molecule has 1 aliphatic heterocycles. The average Bonchev–Trinajstić information content (AvgIpc) is 3.13. The van der Waals surface area contributed by atoms with Crippen molar-refractivity contribution in [3.05, 3.63) is 90.1 Å². The first-order valence-electron chi connectivity index (χ1n) is 11.4. The fourth-order valence-corrected chi connectivity index (χ4v) is 5.31. The summed E-state index contributed by atoms with van der Waals surface area (Å²) >= 11 is 1.82. The molecule has 0 bridgehead atoms. The third-order valence-corrected chi connectivity index (χ3v) is 7.10. The highest BCUT2D eigenvalue weighted by Gasteiger charge is 2.27. The fourth-order valence-electron chi connectivity index (χ4n) is 4.23. The minimum atomic E-state index is 0.548. The maximum atomic E-state index is 6.18. The molecule has 0 aliphatic carbocycles. The normalized spacial score (nSPS) is 12.2. The number of fused-ring (bicyclic) bond motifs is 5. The topological polar surface area (TPSA) is 30.3 Å². The Bertz CT molecular complexity index is 1230. The number of hydrogen-bond donors (Lipinski definition) is 0. The lowest BCUT2D eigenvalue weighted by Gasteiger charge is -2.14. The highest BCUT2D eigenvalue weighted by Crippen LogP contribution is 2.48. The number of ether oxygens (including phenoxy) is 1. The summed E-state index contributed by atoms with van der Waals surface area (Å²) in [6.07, 6.45) is 0.935. The van der Waals surface area contributed by atoms with Crippen LogP contribution in [0.4, 0.5) is 0 Å². The molecule has 0 unspecified atom stereocenters. The smallest absolute Gasteiger partial charge is 0.102 e. The lowest BCUT2D eigenvalue weighted by molar-refractivity contribution is 0.100. The Morgan fingerprint density at radius 1 is 0.848 bits per heavy atom.